The van der Waals surface area contributed by atoms with Crippen molar-refractivity contribution in [1.82, 2.24) is 5.32 Å². The van der Waals surface area contributed by atoms with E-state index in [9.17, 15) is 4.79 Å². The Balaban J connectivity index is 1.89. The summed E-state index contributed by atoms with van der Waals surface area (Å²) in [4.78, 5) is 12.1. The van der Waals surface area contributed by atoms with Crippen LogP contribution in [0.15, 0.2) is 24.3 Å². The molecule has 0 unspecified atom stereocenters. The number of hydrogen-bond donors (Lipinski definition) is 2. The predicted molar refractivity (Wildman–Crippen MR) is 76.4 cm³/mol. The molecular weight excluding hydrogens is 240 g/mol. The first-order valence-electron chi connectivity index (χ1n) is 6.93. The number of amides is 1. The van der Waals surface area contributed by atoms with Gasteiger partial charge in [-0.15, -0.1) is 0 Å². The summed E-state index contributed by atoms with van der Waals surface area (Å²) in [7, 11) is 0. The van der Waals surface area contributed by atoms with Gasteiger partial charge in [0.1, 0.15) is 5.75 Å². The smallest absolute Gasteiger partial charge is 0.227 e. The van der Waals surface area contributed by atoms with E-state index in [1.165, 1.54) is 0 Å². The average Bonchev–Trinajstić information content (AvgIpc) is 2.41. The molecule has 104 valence electrons. The van der Waals surface area contributed by atoms with Gasteiger partial charge >= 0.3 is 0 Å². The highest BCUT2D eigenvalue weighted by Gasteiger charge is 2.20. The lowest BCUT2D eigenvalue weighted by Gasteiger charge is -2.21. The minimum absolute atomic E-state index is 0.124. The molecule has 0 spiro atoms. The Kier molecular flexibility index (Phi) is 4.80. The molecule has 1 aliphatic rings. The number of ether oxygens (including phenoxy) is 1. The van der Waals surface area contributed by atoms with Gasteiger partial charge in [0.2, 0.25) is 5.91 Å². The molecule has 1 heterocycles. The zero-order chi connectivity index (χ0) is 13.7. The Morgan fingerprint density at radius 3 is 2.47 bits per heavy atom. The zero-order valence-electron chi connectivity index (χ0n) is 11.6. The molecule has 1 amide bonds. The van der Waals surface area contributed by atoms with Crippen LogP contribution in [-0.2, 0) is 4.79 Å². The summed E-state index contributed by atoms with van der Waals surface area (Å²) < 4.78 is 5.57. The Hall–Kier alpha value is -1.55. The van der Waals surface area contributed by atoms with Gasteiger partial charge in [0.25, 0.3) is 0 Å². The van der Waals surface area contributed by atoms with E-state index in [0.29, 0.717) is 0 Å². The third kappa shape index (κ3) is 4.24. The molecule has 2 N–H and O–H groups in total. The summed E-state index contributed by atoms with van der Waals surface area (Å²) >= 11 is 0. The molecular formula is C15H22N2O2. The summed E-state index contributed by atoms with van der Waals surface area (Å²) in [5.41, 5.74) is 0.833. The molecule has 4 heteroatoms. The van der Waals surface area contributed by atoms with Gasteiger partial charge in [-0.25, -0.2) is 0 Å². The zero-order valence-corrected chi connectivity index (χ0v) is 11.6. The summed E-state index contributed by atoms with van der Waals surface area (Å²) in [5.74, 6) is 1.08. The van der Waals surface area contributed by atoms with Crippen molar-refractivity contribution in [2.45, 2.75) is 32.8 Å². The van der Waals surface area contributed by atoms with Crippen LogP contribution in [0.5, 0.6) is 5.75 Å². The standard InChI is InChI=1S/C15H22N2O2/c1-11(2)19-14-5-3-13(4-6-14)17-15(18)12-7-9-16-10-8-12/h3-6,11-12,16H,7-10H2,1-2H3,(H,17,18). The molecule has 0 radical (unpaired) electrons. The normalized spacial score (nSPS) is 16.4. The fraction of sp³-hybridized carbons (Fsp3) is 0.533. The molecule has 19 heavy (non-hydrogen) atoms. The van der Waals surface area contributed by atoms with E-state index in [4.69, 9.17) is 4.74 Å². The van der Waals surface area contributed by atoms with Gasteiger partial charge in [-0.1, -0.05) is 0 Å². The van der Waals surface area contributed by atoms with E-state index in [1.807, 2.05) is 38.1 Å². The van der Waals surface area contributed by atoms with E-state index in [0.717, 1.165) is 37.4 Å². The van der Waals surface area contributed by atoms with Crippen molar-refractivity contribution in [2.75, 3.05) is 18.4 Å². The van der Waals surface area contributed by atoms with Crippen LogP contribution in [-0.4, -0.2) is 25.1 Å². The summed E-state index contributed by atoms with van der Waals surface area (Å²) in [5, 5.41) is 6.23. The van der Waals surface area contributed by atoms with Gasteiger partial charge in [0, 0.05) is 11.6 Å². The van der Waals surface area contributed by atoms with Crippen molar-refractivity contribution in [1.29, 1.82) is 0 Å². The number of nitrogens with one attached hydrogen (secondary N) is 2. The maximum atomic E-state index is 12.1. The second kappa shape index (κ2) is 6.57. The fourth-order valence-electron chi connectivity index (χ4n) is 2.22. The average molecular weight is 262 g/mol. The number of rotatable bonds is 4. The fourth-order valence-corrected chi connectivity index (χ4v) is 2.22. The molecule has 1 fully saturated rings. The number of anilines is 1. The van der Waals surface area contributed by atoms with Gasteiger partial charge in [-0.2, -0.15) is 0 Å². The topological polar surface area (TPSA) is 50.4 Å². The van der Waals surface area contributed by atoms with Crippen LogP contribution >= 0.6 is 0 Å². The van der Waals surface area contributed by atoms with E-state index < -0.39 is 0 Å². The molecule has 0 aromatic heterocycles. The van der Waals surface area contributed by atoms with E-state index in [-0.39, 0.29) is 17.9 Å². The number of benzene rings is 1. The first-order chi connectivity index (χ1) is 9.15. The summed E-state index contributed by atoms with van der Waals surface area (Å²) in [6.45, 7) is 5.85. The number of piperidine rings is 1. The second-order valence-corrected chi connectivity index (χ2v) is 5.20. The minimum Gasteiger partial charge on any atom is -0.491 e. The van der Waals surface area contributed by atoms with E-state index >= 15 is 0 Å². The van der Waals surface area contributed by atoms with Crippen LogP contribution in [0, 0.1) is 5.92 Å². The first-order valence-corrected chi connectivity index (χ1v) is 6.93. The summed E-state index contributed by atoms with van der Waals surface area (Å²) in [6.07, 6.45) is 2.00. The monoisotopic (exact) mass is 262 g/mol. The Labute approximate surface area is 114 Å². The Morgan fingerprint density at radius 1 is 1.26 bits per heavy atom. The minimum atomic E-state index is 0.124. The van der Waals surface area contributed by atoms with Gasteiger partial charge in [0.05, 0.1) is 6.10 Å². The third-order valence-corrected chi connectivity index (χ3v) is 3.20. The van der Waals surface area contributed by atoms with Crippen LogP contribution in [0.2, 0.25) is 0 Å². The van der Waals surface area contributed by atoms with Crippen molar-refractivity contribution in [3.63, 3.8) is 0 Å². The van der Waals surface area contributed by atoms with Crippen LogP contribution in [0.1, 0.15) is 26.7 Å². The summed E-state index contributed by atoms with van der Waals surface area (Å²) in [6, 6.07) is 7.55. The second-order valence-electron chi connectivity index (χ2n) is 5.20. The molecule has 1 aromatic carbocycles. The first kappa shape index (κ1) is 13.9. The highest BCUT2D eigenvalue weighted by atomic mass is 16.5. The maximum absolute atomic E-state index is 12.1. The van der Waals surface area contributed by atoms with Crippen molar-refractivity contribution >= 4 is 11.6 Å². The predicted octanol–water partition coefficient (Wildman–Crippen LogP) is 2.41. The largest absolute Gasteiger partial charge is 0.491 e. The molecule has 1 aromatic rings. The van der Waals surface area contributed by atoms with Gasteiger partial charge in [0.15, 0.2) is 0 Å². The van der Waals surface area contributed by atoms with Gasteiger partial charge in [-0.05, 0) is 64.0 Å². The van der Waals surface area contributed by atoms with Gasteiger partial charge < -0.3 is 15.4 Å². The lowest BCUT2D eigenvalue weighted by Crippen LogP contribution is -2.34. The van der Waals surface area contributed by atoms with Gasteiger partial charge in [-0.3, -0.25) is 4.79 Å². The number of carbonyl (C=O) groups excluding carboxylic acids is 1. The Morgan fingerprint density at radius 2 is 1.89 bits per heavy atom. The van der Waals surface area contributed by atoms with E-state index in [2.05, 4.69) is 10.6 Å². The number of carbonyl (C=O) groups is 1. The molecule has 2 rings (SSSR count). The van der Waals surface area contributed by atoms with Crippen molar-refractivity contribution < 1.29 is 9.53 Å². The van der Waals surface area contributed by atoms with Crippen LogP contribution in [0.4, 0.5) is 5.69 Å². The highest BCUT2D eigenvalue weighted by Crippen LogP contribution is 2.19. The lowest BCUT2D eigenvalue weighted by atomic mass is 9.97. The lowest BCUT2D eigenvalue weighted by molar-refractivity contribution is -0.120. The molecule has 4 nitrogen and oxygen atoms in total. The molecule has 0 aliphatic carbocycles. The quantitative estimate of drug-likeness (QED) is 0.876. The van der Waals surface area contributed by atoms with E-state index in [1.54, 1.807) is 0 Å². The molecule has 1 saturated heterocycles. The van der Waals surface area contributed by atoms with Crippen LogP contribution in [0.25, 0.3) is 0 Å². The number of hydrogen-bond acceptors (Lipinski definition) is 3. The van der Waals surface area contributed by atoms with Crippen molar-refractivity contribution in [3.8, 4) is 5.75 Å². The molecule has 0 atom stereocenters. The third-order valence-electron chi connectivity index (χ3n) is 3.20. The maximum Gasteiger partial charge on any atom is 0.227 e. The SMILES string of the molecule is CC(C)Oc1ccc(NC(=O)C2CCNCC2)cc1. The van der Waals surface area contributed by atoms with Crippen LogP contribution in [0.3, 0.4) is 0 Å². The van der Waals surface area contributed by atoms with Crippen molar-refractivity contribution in [3.05, 3.63) is 24.3 Å². The molecule has 1 aliphatic heterocycles. The molecule has 0 saturated carbocycles. The van der Waals surface area contributed by atoms with Crippen molar-refractivity contribution in [2.24, 2.45) is 5.92 Å². The highest BCUT2D eigenvalue weighted by molar-refractivity contribution is 5.92. The Bertz CT molecular complexity index is 409. The molecule has 0 bridgehead atoms. The van der Waals surface area contributed by atoms with Crippen LogP contribution < -0.4 is 15.4 Å².